The summed E-state index contributed by atoms with van der Waals surface area (Å²) in [6.07, 6.45) is -0.0908. The lowest BCUT2D eigenvalue weighted by Gasteiger charge is -2.27. The molecule has 0 aliphatic carbocycles. The van der Waals surface area contributed by atoms with E-state index in [1.165, 1.54) is 16.2 Å². The number of thiophene rings is 1. The molecule has 0 N–H and O–H groups in total. The van der Waals surface area contributed by atoms with Gasteiger partial charge >= 0.3 is 0 Å². The summed E-state index contributed by atoms with van der Waals surface area (Å²) in [5, 5.41) is 2.29. The van der Waals surface area contributed by atoms with E-state index in [1.807, 2.05) is 6.07 Å². The molecule has 0 bridgehead atoms. The fraction of sp³-hybridized carbons (Fsp3) is 0.174. The van der Waals surface area contributed by atoms with Gasteiger partial charge in [0.2, 0.25) is 5.91 Å². The SMILES string of the molecule is COc1ccc(N2C(=O)CC(N(Cc3ccccc3Cl)C(=O)c3cccs3)C2=O)cc1. The number of imide groups is 1. The second kappa shape index (κ2) is 8.91. The van der Waals surface area contributed by atoms with E-state index in [4.69, 9.17) is 16.3 Å². The highest BCUT2D eigenvalue weighted by Crippen LogP contribution is 2.30. The smallest absolute Gasteiger partial charge is 0.264 e. The number of anilines is 1. The molecule has 3 amide bonds. The average Bonchev–Trinajstić information content (AvgIpc) is 3.41. The molecule has 158 valence electrons. The lowest BCUT2D eigenvalue weighted by atomic mass is 10.1. The Morgan fingerprint density at radius 1 is 1.13 bits per heavy atom. The van der Waals surface area contributed by atoms with Crippen LogP contribution >= 0.6 is 22.9 Å². The molecule has 1 aliphatic rings. The van der Waals surface area contributed by atoms with Crippen LogP contribution in [0.5, 0.6) is 5.75 Å². The highest BCUT2D eigenvalue weighted by atomic mass is 35.5. The Bertz CT molecular complexity index is 1110. The Kier molecular flexibility index (Phi) is 6.06. The molecule has 0 saturated carbocycles. The van der Waals surface area contributed by atoms with Crippen molar-refractivity contribution in [3.8, 4) is 5.75 Å². The van der Waals surface area contributed by atoms with Crippen LogP contribution in [0.2, 0.25) is 5.02 Å². The predicted molar refractivity (Wildman–Crippen MR) is 120 cm³/mol. The Balaban J connectivity index is 1.67. The van der Waals surface area contributed by atoms with E-state index >= 15 is 0 Å². The summed E-state index contributed by atoms with van der Waals surface area (Å²) in [5.74, 6) is -0.485. The molecular weight excluding hydrogens is 436 g/mol. The third-order valence-electron chi connectivity index (χ3n) is 5.12. The van der Waals surface area contributed by atoms with Gasteiger partial charge in [-0.25, -0.2) is 4.90 Å². The van der Waals surface area contributed by atoms with Crippen molar-refractivity contribution in [2.75, 3.05) is 12.0 Å². The Morgan fingerprint density at radius 3 is 2.52 bits per heavy atom. The zero-order valence-electron chi connectivity index (χ0n) is 16.7. The Hall–Kier alpha value is -3.16. The molecule has 1 aromatic heterocycles. The summed E-state index contributed by atoms with van der Waals surface area (Å²) in [6, 6.07) is 16.4. The van der Waals surface area contributed by atoms with Gasteiger partial charge in [-0.2, -0.15) is 0 Å². The minimum atomic E-state index is -0.916. The molecule has 0 spiro atoms. The number of nitrogens with zero attached hydrogens (tertiary/aromatic N) is 2. The topological polar surface area (TPSA) is 66.9 Å². The summed E-state index contributed by atoms with van der Waals surface area (Å²) < 4.78 is 5.14. The maximum Gasteiger partial charge on any atom is 0.264 e. The molecule has 2 heterocycles. The third kappa shape index (κ3) is 4.19. The van der Waals surface area contributed by atoms with Crippen molar-refractivity contribution in [1.29, 1.82) is 0 Å². The van der Waals surface area contributed by atoms with Gasteiger partial charge in [-0.05, 0) is 47.3 Å². The van der Waals surface area contributed by atoms with Crippen molar-refractivity contribution in [3.05, 3.63) is 81.5 Å². The summed E-state index contributed by atoms with van der Waals surface area (Å²) in [7, 11) is 1.54. The van der Waals surface area contributed by atoms with E-state index < -0.39 is 11.9 Å². The number of carbonyl (C=O) groups is 3. The average molecular weight is 455 g/mol. The zero-order chi connectivity index (χ0) is 22.0. The van der Waals surface area contributed by atoms with Crippen LogP contribution in [-0.4, -0.2) is 35.8 Å². The first-order valence-corrected chi connectivity index (χ1v) is 10.8. The number of hydrogen-bond acceptors (Lipinski definition) is 5. The maximum atomic E-state index is 13.3. The molecule has 2 aromatic carbocycles. The molecule has 1 unspecified atom stereocenters. The minimum absolute atomic E-state index is 0.0908. The number of ether oxygens (including phenoxy) is 1. The van der Waals surface area contributed by atoms with Gasteiger partial charge in [0.15, 0.2) is 0 Å². The van der Waals surface area contributed by atoms with Crippen LogP contribution in [0, 0.1) is 0 Å². The molecule has 31 heavy (non-hydrogen) atoms. The molecule has 0 radical (unpaired) electrons. The molecule has 4 rings (SSSR count). The fourth-order valence-corrected chi connectivity index (χ4v) is 4.41. The predicted octanol–water partition coefficient (Wildman–Crippen LogP) is 4.38. The van der Waals surface area contributed by atoms with Gasteiger partial charge in [0.1, 0.15) is 11.8 Å². The lowest BCUT2D eigenvalue weighted by molar-refractivity contribution is -0.122. The van der Waals surface area contributed by atoms with Gasteiger partial charge in [0.25, 0.3) is 11.8 Å². The van der Waals surface area contributed by atoms with Gasteiger partial charge in [-0.1, -0.05) is 35.9 Å². The van der Waals surface area contributed by atoms with Gasteiger partial charge in [0, 0.05) is 11.6 Å². The molecule has 3 aromatic rings. The molecule has 1 saturated heterocycles. The van der Waals surface area contributed by atoms with Crippen LogP contribution in [0.1, 0.15) is 21.7 Å². The summed E-state index contributed by atoms with van der Waals surface area (Å²) in [5.41, 5.74) is 1.15. The number of amides is 3. The summed E-state index contributed by atoms with van der Waals surface area (Å²) in [4.78, 5) is 42.5. The first-order valence-electron chi connectivity index (χ1n) is 9.58. The highest BCUT2D eigenvalue weighted by Gasteiger charge is 2.44. The van der Waals surface area contributed by atoms with Gasteiger partial charge < -0.3 is 9.64 Å². The van der Waals surface area contributed by atoms with Crippen molar-refractivity contribution in [1.82, 2.24) is 4.90 Å². The largest absolute Gasteiger partial charge is 0.497 e. The first-order chi connectivity index (χ1) is 15.0. The second-order valence-corrected chi connectivity index (χ2v) is 8.34. The molecular formula is C23H19ClN2O4S. The van der Waals surface area contributed by atoms with E-state index in [9.17, 15) is 14.4 Å². The van der Waals surface area contributed by atoms with Crippen LogP contribution in [0.15, 0.2) is 66.0 Å². The first kappa shape index (κ1) is 21.1. The van der Waals surface area contributed by atoms with Gasteiger partial charge in [-0.15, -0.1) is 11.3 Å². The Labute approximate surface area is 188 Å². The van der Waals surface area contributed by atoms with Crippen molar-refractivity contribution >= 4 is 46.3 Å². The van der Waals surface area contributed by atoms with Gasteiger partial charge in [0.05, 0.1) is 24.1 Å². The number of halogens is 1. The number of benzene rings is 2. The van der Waals surface area contributed by atoms with Crippen LogP contribution in [0.4, 0.5) is 5.69 Å². The molecule has 6 nitrogen and oxygen atoms in total. The standard InChI is InChI=1S/C23H19ClN2O4S/c1-30-17-10-8-16(9-11-17)26-21(27)13-19(22(26)28)25(23(29)20-7-4-12-31-20)14-15-5-2-3-6-18(15)24/h2-12,19H,13-14H2,1H3. The van der Waals surface area contributed by atoms with Gasteiger partial charge in [-0.3, -0.25) is 14.4 Å². The van der Waals surface area contributed by atoms with Crippen molar-refractivity contribution < 1.29 is 19.1 Å². The quantitative estimate of drug-likeness (QED) is 0.518. The zero-order valence-corrected chi connectivity index (χ0v) is 18.2. The maximum absolute atomic E-state index is 13.3. The highest BCUT2D eigenvalue weighted by molar-refractivity contribution is 7.12. The summed E-state index contributed by atoms with van der Waals surface area (Å²) >= 11 is 7.60. The van der Waals surface area contributed by atoms with E-state index in [0.29, 0.717) is 26.9 Å². The van der Waals surface area contributed by atoms with E-state index in [2.05, 4.69) is 0 Å². The third-order valence-corrected chi connectivity index (χ3v) is 6.35. The normalized spacial score (nSPS) is 15.9. The summed E-state index contributed by atoms with van der Waals surface area (Å²) in [6.45, 7) is 0.122. The number of rotatable bonds is 6. The fourth-order valence-electron chi connectivity index (χ4n) is 3.54. The minimum Gasteiger partial charge on any atom is -0.497 e. The number of hydrogen-bond donors (Lipinski definition) is 0. The van der Waals surface area contributed by atoms with Crippen molar-refractivity contribution in [3.63, 3.8) is 0 Å². The number of methoxy groups -OCH3 is 1. The second-order valence-electron chi connectivity index (χ2n) is 6.99. The van der Waals surface area contributed by atoms with Crippen molar-refractivity contribution in [2.24, 2.45) is 0 Å². The molecule has 1 atom stereocenters. The van der Waals surface area contributed by atoms with Crippen LogP contribution in [-0.2, 0) is 16.1 Å². The molecule has 1 fully saturated rings. The monoisotopic (exact) mass is 454 g/mol. The molecule has 1 aliphatic heterocycles. The van der Waals surface area contributed by atoms with Crippen molar-refractivity contribution in [2.45, 2.75) is 19.0 Å². The van der Waals surface area contributed by atoms with E-state index in [0.717, 1.165) is 4.90 Å². The van der Waals surface area contributed by atoms with Crippen LogP contribution in [0.3, 0.4) is 0 Å². The van der Waals surface area contributed by atoms with Crippen LogP contribution in [0.25, 0.3) is 0 Å². The van der Waals surface area contributed by atoms with Crippen LogP contribution < -0.4 is 9.64 Å². The lowest BCUT2D eigenvalue weighted by Crippen LogP contribution is -2.45. The Morgan fingerprint density at radius 2 is 1.87 bits per heavy atom. The molecule has 8 heteroatoms. The number of carbonyl (C=O) groups excluding carboxylic acids is 3. The van der Waals surface area contributed by atoms with E-state index in [1.54, 1.807) is 67.1 Å². The van der Waals surface area contributed by atoms with E-state index in [-0.39, 0.29) is 24.8 Å².